The fraction of sp³-hybridized carbons (Fsp3) is 0.231. The molecule has 17 heavy (non-hydrogen) atoms. The van der Waals surface area contributed by atoms with E-state index in [9.17, 15) is 0 Å². The Morgan fingerprint density at radius 2 is 2.12 bits per heavy atom. The van der Waals surface area contributed by atoms with Gasteiger partial charge in [0.05, 0.1) is 30.6 Å². The van der Waals surface area contributed by atoms with Crippen molar-refractivity contribution in [3.05, 3.63) is 36.8 Å². The van der Waals surface area contributed by atoms with Crippen LogP contribution in [0.1, 0.15) is 12.8 Å². The third kappa shape index (κ3) is 2.53. The van der Waals surface area contributed by atoms with Gasteiger partial charge in [-0.1, -0.05) is 12.1 Å². The second kappa shape index (κ2) is 4.41. The van der Waals surface area contributed by atoms with Crippen LogP contribution in [0.2, 0.25) is 0 Å². The summed E-state index contributed by atoms with van der Waals surface area (Å²) < 4.78 is 0. The lowest BCUT2D eigenvalue weighted by Gasteiger charge is -2.01. The Balaban J connectivity index is 1.67. The van der Waals surface area contributed by atoms with Crippen molar-refractivity contribution < 1.29 is 0 Å². The molecule has 0 amide bonds. The Kier molecular flexibility index (Phi) is 2.62. The summed E-state index contributed by atoms with van der Waals surface area (Å²) in [6, 6.07) is 8.75. The lowest BCUT2D eigenvalue weighted by atomic mass is 10.1. The van der Waals surface area contributed by atoms with Crippen molar-refractivity contribution in [1.82, 2.24) is 9.97 Å². The first kappa shape index (κ1) is 10.1. The van der Waals surface area contributed by atoms with E-state index in [1.165, 1.54) is 12.8 Å². The maximum absolute atomic E-state index is 4.35. The van der Waals surface area contributed by atoms with E-state index >= 15 is 0 Å². The lowest BCUT2D eigenvalue weighted by Crippen LogP contribution is -1.95. The Hall–Kier alpha value is -2.10. The van der Waals surface area contributed by atoms with Gasteiger partial charge in [0.2, 0.25) is 0 Å². The van der Waals surface area contributed by atoms with Crippen LogP contribution in [-0.4, -0.2) is 22.3 Å². The van der Waals surface area contributed by atoms with Gasteiger partial charge in [-0.2, -0.15) is 0 Å². The Bertz CT molecular complexity index is 495. The van der Waals surface area contributed by atoms with E-state index in [1.807, 2.05) is 18.3 Å². The topological polar surface area (TPSA) is 53.1 Å². The van der Waals surface area contributed by atoms with Gasteiger partial charge in [0.25, 0.3) is 0 Å². The van der Waals surface area contributed by atoms with Crippen LogP contribution in [0.5, 0.6) is 0 Å². The second-order valence-corrected chi connectivity index (χ2v) is 4.20. The highest BCUT2D eigenvalue weighted by molar-refractivity contribution is 5.76. The van der Waals surface area contributed by atoms with E-state index < -0.39 is 0 Å². The van der Waals surface area contributed by atoms with Crippen LogP contribution in [0.25, 0.3) is 11.3 Å². The normalized spacial score (nSPS) is 15.3. The number of imidazole rings is 1. The van der Waals surface area contributed by atoms with Gasteiger partial charge in [0, 0.05) is 5.69 Å². The van der Waals surface area contributed by atoms with Crippen molar-refractivity contribution in [2.45, 2.75) is 18.9 Å². The maximum atomic E-state index is 4.35. The first-order valence-corrected chi connectivity index (χ1v) is 5.79. The molecule has 1 heterocycles. The second-order valence-electron chi connectivity index (χ2n) is 4.20. The minimum absolute atomic E-state index is 0.562. The number of aromatic nitrogens is 2. The van der Waals surface area contributed by atoms with E-state index in [0.717, 1.165) is 16.9 Å². The van der Waals surface area contributed by atoms with Gasteiger partial charge in [-0.05, 0) is 30.5 Å². The third-order valence-corrected chi connectivity index (χ3v) is 2.76. The number of nitrogens with zero attached hydrogens (tertiary/aromatic N) is 2. The molecule has 1 aliphatic carbocycles. The van der Waals surface area contributed by atoms with Gasteiger partial charge >= 0.3 is 0 Å². The van der Waals surface area contributed by atoms with Gasteiger partial charge in [0.1, 0.15) is 0 Å². The number of H-pyrrole nitrogens is 1. The first-order valence-electron chi connectivity index (χ1n) is 5.79. The zero-order chi connectivity index (χ0) is 11.5. The monoisotopic (exact) mass is 226 g/mol. The molecule has 0 radical (unpaired) electrons. The summed E-state index contributed by atoms with van der Waals surface area (Å²) in [6.45, 7) is 0. The maximum Gasteiger partial charge on any atom is 0.0924 e. The lowest BCUT2D eigenvalue weighted by molar-refractivity contribution is 1.08. The predicted octanol–water partition coefficient (Wildman–Crippen LogP) is 2.68. The Labute approximate surface area is 99.8 Å². The fourth-order valence-electron chi connectivity index (χ4n) is 1.60. The van der Waals surface area contributed by atoms with Crippen LogP contribution in [0.4, 0.5) is 5.69 Å². The third-order valence-electron chi connectivity index (χ3n) is 2.76. The van der Waals surface area contributed by atoms with E-state index in [2.05, 4.69) is 32.4 Å². The van der Waals surface area contributed by atoms with E-state index in [4.69, 9.17) is 0 Å². The Morgan fingerprint density at radius 3 is 2.76 bits per heavy atom. The fourth-order valence-corrected chi connectivity index (χ4v) is 1.60. The molecular formula is C13H14N4. The summed E-state index contributed by atoms with van der Waals surface area (Å²) in [5, 5.41) is 3.17. The van der Waals surface area contributed by atoms with E-state index in [-0.39, 0.29) is 0 Å². The molecule has 1 aromatic carbocycles. The van der Waals surface area contributed by atoms with Gasteiger partial charge < -0.3 is 10.3 Å². The standard InChI is InChI=1S/C13H14N4/c1-3-11(15-9-16-12-5-6-12)4-2-10(1)13-7-14-8-17-13/h1-4,7-9,12H,5-6H2,(H,14,17)(H,15,16). The van der Waals surface area contributed by atoms with Crippen molar-refractivity contribution in [3.63, 3.8) is 0 Å². The minimum atomic E-state index is 0.562. The van der Waals surface area contributed by atoms with Crippen molar-refractivity contribution in [2.75, 3.05) is 5.32 Å². The number of aromatic amines is 1. The summed E-state index contributed by atoms with van der Waals surface area (Å²) in [5.74, 6) is 0. The van der Waals surface area contributed by atoms with Crippen LogP contribution in [0, 0.1) is 0 Å². The molecule has 0 bridgehead atoms. The molecule has 0 unspecified atom stereocenters. The molecule has 0 atom stereocenters. The van der Waals surface area contributed by atoms with Crippen molar-refractivity contribution in [1.29, 1.82) is 0 Å². The van der Waals surface area contributed by atoms with Crippen LogP contribution in [-0.2, 0) is 0 Å². The zero-order valence-electron chi connectivity index (χ0n) is 9.43. The number of nitrogens with one attached hydrogen (secondary N) is 2. The molecule has 86 valence electrons. The highest BCUT2D eigenvalue weighted by atomic mass is 15.0. The van der Waals surface area contributed by atoms with Crippen LogP contribution in [0.15, 0.2) is 41.8 Å². The number of benzene rings is 1. The minimum Gasteiger partial charge on any atom is -0.347 e. The molecule has 1 aliphatic rings. The summed E-state index contributed by atoms with van der Waals surface area (Å²) in [6.07, 6.45) is 7.76. The number of hydrogen-bond donors (Lipinski definition) is 2. The summed E-state index contributed by atoms with van der Waals surface area (Å²) in [4.78, 5) is 11.4. The number of hydrogen-bond acceptors (Lipinski definition) is 2. The molecule has 2 aromatic rings. The number of rotatable bonds is 4. The first-order chi connectivity index (χ1) is 8.42. The average Bonchev–Trinajstić information content (AvgIpc) is 3.03. The van der Waals surface area contributed by atoms with Crippen molar-refractivity contribution >= 4 is 12.0 Å². The molecule has 1 saturated carbocycles. The highest BCUT2D eigenvalue weighted by Gasteiger charge is 2.18. The molecule has 4 nitrogen and oxygen atoms in total. The number of aliphatic imine (C=N–C) groups is 1. The van der Waals surface area contributed by atoms with Gasteiger partial charge in [-0.25, -0.2) is 4.98 Å². The molecule has 1 fully saturated rings. The van der Waals surface area contributed by atoms with Crippen LogP contribution in [0.3, 0.4) is 0 Å². The van der Waals surface area contributed by atoms with E-state index in [0.29, 0.717) is 6.04 Å². The predicted molar refractivity (Wildman–Crippen MR) is 69.2 cm³/mol. The van der Waals surface area contributed by atoms with E-state index in [1.54, 1.807) is 12.7 Å². The van der Waals surface area contributed by atoms with Gasteiger partial charge in [0.15, 0.2) is 0 Å². The number of anilines is 1. The summed E-state index contributed by atoms with van der Waals surface area (Å²) in [5.41, 5.74) is 3.22. The Morgan fingerprint density at radius 1 is 1.29 bits per heavy atom. The molecule has 3 rings (SSSR count). The summed E-state index contributed by atoms with van der Waals surface area (Å²) >= 11 is 0. The molecule has 0 saturated heterocycles. The molecule has 4 heteroatoms. The molecule has 2 N–H and O–H groups in total. The zero-order valence-corrected chi connectivity index (χ0v) is 9.43. The smallest absolute Gasteiger partial charge is 0.0924 e. The van der Waals surface area contributed by atoms with Crippen molar-refractivity contribution in [2.24, 2.45) is 4.99 Å². The molecule has 0 spiro atoms. The van der Waals surface area contributed by atoms with Gasteiger partial charge in [-0.15, -0.1) is 0 Å². The van der Waals surface area contributed by atoms with Crippen molar-refractivity contribution in [3.8, 4) is 11.3 Å². The SMILES string of the molecule is C(=NC1CC1)Nc1ccc(-c2cnc[nH]2)cc1. The molecular weight excluding hydrogens is 212 g/mol. The van der Waals surface area contributed by atoms with Gasteiger partial charge in [-0.3, -0.25) is 4.99 Å². The molecule has 0 aliphatic heterocycles. The summed E-state index contributed by atoms with van der Waals surface area (Å²) in [7, 11) is 0. The van der Waals surface area contributed by atoms with Crippen LogP contribution < -0.4 is 5.32 Å². The average molecular weight is 226 g/mol. The molecule has 1 aromatic heterocycles. The largest absolute Gasteiger partial charge is 0.347 e. The van der Waals surface area contributed by atoms with Crippen LogP contribution >= 0.6 is 0 Å². The highest BCUT2D eigenvalue weighted by Crippen LogP contribution is 2.23. The quantitative estimate of drug-likeness (QED) is 0.622.